The van der Waals surface area contributed by atoms with Gasteiger partial charge < -0.3 is 10.1 Å². The predicted molar refractivity (Wildman–Crippen MR) is 70.3 cm³/mol. The van der Waals surface area contributed by atoms with E-state index in [4.69, 9.17) is 4.74 Å². The molecular formula is C14H19NO. The second-order valence-corrected chi connectivity index (χ2v) is 3.40. The summed E-state index contributed by atoms with van der Waals surface area (Å²) in [7, 11) is 0. The van der Waals surface area contributed by atoms with Crippen LogP contribution in [0.4, 0.5) is 0 Å². The van der Waals surface area contributed by atoms with Crippen molar-refractivity contribution >= 4 is 12.2 Å². The van der Waals surface area contributed by atoms with E-state index in [9.17, 15) is 0 Å². The minimum atomic E-state index is 0.889. The first-order valence-electron chi connectivity index (χ1n) is 5.51. The lowest BCUT2D eigenvalue weighted by molar-refractivity contribution is 0.109. The van der Waals surface area contributed by atoms with Gasteiger partial charge in [0.15, 0.2) is 0 Å². The van der Waals surface area contributed by atoms with Gasteiger partial charge in [-0.15, -0.1) is 0 Å². The van der Waals surface area contributed by atoms with Gasteiger partial charge in [-0.2, -0.15) is 0 Å². The molecule has 2 heteroatoms. The summed E-state index contributed by atoms with van der Waals surface area (Å²) in [6.45, 7) is 11.2. The highest BCUT2D eigenvalue weighted by atomic mass is 16.5. The fraction of sp³-hybridized carbons (Fsp3) is 0.286. The lowest BCUT2D eigenvalue weighted by atomic mass is 10.1. The molecule has 0 aliphatic carbocycles. The summed E-state index contributed by atoms with van der Waals surface area (Å²) in [5.41, 5.74) is 2.27. The third-order valence-electron chi connectivity index (χ3n) is 2.28. The van der Waals surface area contributed by atoms with Crippen molar-refractivity contribution in [1.82, 2.24) is 5.32 Å². The van der Waals surface area contributed by atoms with Crippen molar-refractivity contribution in [3.05, 3.63) is 48.6 Å². The molecule has 1 aromatic rings. The van der Waals surface area contributed by atoms with Crippen LogP contribution in [0, 0.1) is 0 Å². The van der Waals surface area contributed by atoms with Gasteiger partial charge in [-0.3, -0.25) is 0 Å². The zero-order valence-electron chi connectivity index (χ0n) is 9.61. The Morgan fingerprint density at radius 2 is 1.50 bits per heavy atom. The van der Waals surface area contributed by atoms with Crippen LogP contribution in [0.15, 0.2) is 37.4 Å². The zero-order valence-corrected chi connectivity index (χ0v) is 9.61. The largest absolute Gasteiger partial charge is 0.379 e. The van der Waals surface area contributed by atoms with E-state index in [-0.39, 0.29) is 0 Å². The van der Waals surface area contributed by atoms with Crippen molar-refractivity contribution in [3.63, 3.8) is 0 Å². The summed E-state index contributed by atoms with van der Waals surface area (Å²) >= 11 is 0. The maximum Gasteiger partial charge on any atom is 0.0591 e. The van der Waals surface area contributed by atoms with Crippen LogP contribution in [-0.2, 0) is 4.74 Å². The van der Waals surface area contributed by atoms with Gasteiger partial charge in [-0.25, -0.2) is 0 Å². The van der Waals surface area contributed by atoms with E-state index in [0.717, 1.165) is 37.4 Å². The third-order valence-corrected chi connectivity index (χ3v) is 2.28. The van der Waals surface area contributed by atoms with Crippen LogP contribution in [0.3, 0.4) is 0 Å². The molecular weight excluding hydrogens is 198 g/mol. The Morgan fingerprint density at radius 1 is 1.00 bits per heavy atom. The average Bonchev–Trinajstić information content (AvgIpc) is 2.41. The minimum Gasteiger partial charge on any atom is -0.379 e. The summed E-state index contributed by atoms with van der Waals surface area (Å²) in [5, 5.41) is 3.16. The van der Waals surface area contributed by atoms with Gasteiger partial charge in [0.05, 0.1) is 13.2 Å². The van der Waals surface area contributed by atoms with Crippen molar-refractivity contribution in [3.8, 4) is 0 Å². The molecule has 1 saturated heterocycles. The zero-order chi connectivity index (χ0) is 11.6. The fourth-order valence-corrected chi connectivity index (χ4v) is 1.40. The Balaban J connectivity index is 0.000000181. The Morgan fingerprint density at radius 3 is 1.75 bits per heavy atom. The molecule has 1 aliphatic heterocycles. The van der Waals surface area contributed by atoms with Crippen molar-refractivity contribution in [2.24, 2.45) is 0 Å². The molecule has 0 bridgehead atoms. The molecule has 2 nitrogen and oxygen atoms in total. The number of hydrogen-bond acceptors (Lipinski definition) is 2. The molecule has 0 radical (unpaired) electrons. The molecule has 0 aromatic heterocycles. The maximum absolute atomic E-state index is 5.01. The van der Waals surface area contributed by atoms with Gasteiger partial charge >= 0.3 is 0 Å². The first-order valence-corrected chi connectivity index (χ1v) is 5.51. The maximum atomic E-state index is 5.01. The SMILES string of the molecule is C1COCCN1.C=Cc1ccccc1C=C. The number of rotatable bonds is 2. The van der Waals surface area contributed by atoms with Crippen LogP contribution in [0.25, 0.3) is 12.2 Å². The standard InChI is InChI=1S/C10H10.C4H9NO/c1-3-9-7-5-6-8-10(9)4-2;1-3-6-4-2-5-1/h3-8H,1-2H2;5H,1-4H2. The number of morpholine rings is 1. The number of nitrogens with one attached hydrogen (secondary N) is 1. The molecule has 1 fully saturated rings. The van der Waals surface area contributed by atoms with Crippen LogP contribution in [0.2, 0.25) is 0 Å². The topological polar surface area (TPSA) is 21.3 Å². The second kappa shape index (κ2) is 7.85. The van der Waals surface area contributed by atoms with E-state index in [1.165, 1.54) is 0 Å². The van der Waals surface area contributed by atoms with E-state index in [0.29, 0.717) is 0 Å². The number of hydrogen-bond donors (Lipinski definition) is 1. The normalized spacial score (nSPS) is 14.5. The predicted octanol–water partition coefficient (Wildman–Crippen LogP) is 2.58. The monoisotopic (exact) mass is 217 g/mol. The summed E-state index contributed by atoms with van der Waals surface area (Å²) in [6.07, 6.45) is 3.66. The van der Waals surface area contributed by atoms with E-state index < -0.39 is 0 Å². The highest BCUT2D eigenvalue weighted by Gasteiger charge is 1.93. The Kier molecular flexibility index (Phi) is 6.23. The van der Waals surface area contributed by atoms with Gasteiger partial charge in [-0.1, -0.05) is 49.6 Å². The minimum absolute atomic E-state index is 0.889. The summed E-state index contributed by atoms with van der Waals surface area (Å²) in [4.78, 5) is 0. The highest BCUT2D eigenvalue weighted by Crippen LogP contribution is 2.10. The lowest BCUT2D eigenvalue weighted by Crippen LogP contribution is -2.30. The molecule has 1 heterocycles. The van der Waals surface area contributed by atoms with E-state index in [1.807, 2.05) is 36.4 Å². The van der Waals surface area contributed by atoms with Crippen molar-refractivity contribution in [1.29, 1.82) is 0 Å². The number of ether oxygens (including phenoxy) is 1. The van der Waals surface area contributed by atoms with Crippen molar-refractivity contribution in [2.75, 3.05) is 26.3 Å². The molecule has 16 heavy (non-hydrogen) atoms. The van der Waals surface area contributed by atoms with E-state index in [1.54, 1.807) is 0 Å². The van der Waals surface area contributed by atoms with E-state index >= 15 is 0 Å². The van der Waals surface area contributed by atoms with E-state index in [2.05, 4.69) is 18.5 Å². The molecule has 1 N–H and O–H groups in total. The fourth-order valence-electron chi connectivity index (χ4n) is 1.40. The summed E-state index contributed by atoms with van der Waals surface area (Å²) in [5.74, 6) is 0. The van der Waals surface area contributed by atoms with Crippen LogP contribution < -0.4 is 5.32 Å². The Bertz CT molecular complexity index is 291. The van der Waals surface area contributed by atoms with Gasteiger partial charge in [0.25, 0.3) is 0 Å². The molecule has 0 amide bonds. The Labute approximate surface area is 97.6 Å². The Hall–Kier alpha value is -1.38. The molecule has 1 aromatic carbocycles. The molecule has 1 aliphatic rings. The molecule has 0 spiro atoms. The highest BCUT2D eigenvalue weighted by molar-refractivity contribution is 5.63. The second-order valence-electron chi connectivity index (χ2n) is 3.40. The number of benzene rings is 1. The van der Waals surface area contributed by atoms with Crippen LogP contribution in [0.5, 0.6) is 0 Å². The van der Waals surface area contributed by atoms with Gasteiger partial charge in [0.2, 0.25) is 0 Å². The van der Waals surface area contributed by atoms with Gasteiger partial charge in [-0.05, 0) is 11.1 Å². The molecule has 86 valence electrons. The molecule has 0 saturated carbocycles. The van der Waals surface area contributed by atoms with Crippen molar-refractivity contribution in [2.45, 2.75) is 0 Å². The first kappa shape index (κ1) is 12.7. The van der Waals surface area contributed by atoms with Crippen LogP contribution in [0.1, 0.15) is 11.1 Å². The lowest BCUT2D eigenvalue weighted by Gasteiger charge is -2.10. The molecule has 0 atom stereocenters. The summed E-state index contributed by atoms with van der Waals surface area (Å²) < 4.78 is 5.01. The molecule has 2 rings (SSSR count). The van der Waals surface area contributed by atoms with Gasteiger partial charge in [0.1, 0.15) is 0 Å². The smallest absolute Gasteiger partial charge is 0.0591 e. The average molecular weight is 217 g/mol. The van der Waals surface area contributed by atoms with Crippen LogP contribution in [-0.4, -0.2) is 26.3 Å². The van der Waals surface area contributed by atoms with Crippen LogP contribution >= 0.6 is 0 Å². The first-order chi connectivity index (χ1) is 7.88. The van der Waals surface area contributed by atoms with Gasteiger partial charge in [0, 0.05) is 13.1 Å². The third kappa shape index (κ3) is 4.43. The summed E-state index contributed by atoms with van der Waals surface area (Å²) in [6, 6.07) is 8.02. The molecule has 0 unspecified atom stereocenters. The van der Waals surface area contributed by atoms with Crippen molar-refractivity contribution < 1.29 is 4.74 Å². The quantitative estimate of drug-likeness (QED) is 0.822.